The number of hydrogen-bond acceptors (Lipinski definition) is 2. The minimum absolute atomic E-state index is 0.00853. The number of benzene rings is 2. The fourth-order valence-corrected chi connectivity index (χ4v) is 3.45. The van der Waals surface area contributed by atoms with Gasteiger partial charge in [0.15, 0.2) is 0 Å². The molecule has 3 unspecified atom stereocenters. The highest BCUT2D eigenvalue weighted by Crippen LogP contribution is 2.48. The number of rotatable bonds is 7. The molecule has 0 bridgehead atoms. The summed E-state index contributed by atoms with van der Waals surface area (Å²) in [5.74, 6) is -0.171. The van der Waals surface area contributed by atoms with Gasteiger partial charge in [-0.3, -0.25) is 4.79 Å². The molecule has 1 N–H and O–H groups in total. The first kappa shape index (κ1) is 20.4. The second-order valence-electron chi connectivity index (χ2n) is 7.62. The van der Waals surface area contributed by atoms with Gasteiger partial charge in [0.25, 0.3) is 0 Å². The lowest BCUT2D eigenvalue weighted by atomic mass is 10.0. The van der Waals surface area contributed by atoms with Gasteiger partial charge >= 0.3 is 6.18 Å². The van der Waals surface area contributed by atoms with Gasteiger partial charge in [0, 0.05) is 18.5 Å². The van der Waals surface area contributed by atoms with E-state index in [1.54, 1.807) is 0 Å². The molecule has 0 aliphatic heterocycles. The quantitative estimate of drug-likeness (QED) is 0.772. The predicted octanol–water partition coefficient (Wildman–Crippen LogP) is 4.10. The summed E-state index contributed by atoms with van der Waals surface area (Å²) in [7, 11) is 3.98. The number of carbonyl (C=O) groups is 1. The third-order valence-corrected chi connectivity index (χ3v) is 5.35. The average Bonchev–Trinajstić information content (AvgIpc) is 3.46. The van der Waals surface area contributed by atoms with Gasteiger partial charge < -0.3 is 10.2 Å². The first-order valence-electron chi connectivity index (χ1n) is 9.41. The molecule has 2 aromatic rings. The molecular formula is C22H25F3N2O. The van der Waals surface area contributed by atoms with Crippen LogP contribution in [0.15, 0.2) is 54.6 Å². The Hall–Kier alpha value is -2.34. The SMILES string of the molecule is CN(C)C(CNC(=O)C1CC1c1ccc(C(F)(F)F)cc1)Cc1ccccc1. The van der Waals surface area contributed by atoms with Crippen LogP contribution >= 0.6 is 0 Å². The topological polar surface area (TPSA) is 32.3 Å². The van der Waals surface area contributed by atoms with Crippen molar-refractivity contribution in [2.45, 2.75) is 31.0 Å². The fourth-order valence-electron chi connectivity index (χ4n) is 3.45. The molecule has 3 atom stereocenters. The lowest BCUT2D eigenvalue weighted by molar-refractivity contribution is -0.137. The zero-order valence-corrected chi connectivity index (χ0v) is 16.0. The van der Waals surface area contributed by atoms with Crippen LogP contribution in [-0.4, -0.2) is 37.5 Å². The van der Waals surface area contributed by atoms with Gasteiger partial charge in [0.05, 0.1) is 5.56 Å². The number of nitrogens with zero attached hydrogens (tertiary/aromatic N) is 1. The summed E-state index contributed by atoms with van der Waals surface area (Å²) in [5, 5.41) is 3.02. The maximum atomic E-state index is 12.7. The van der Waals surface area contributed by atoms with Crippen molar-refractivity contribution in [3.05, 3.63) is 71.3 Å². The van der Waals surface area contributed by atoms with Gasteiger partial charge in [-0.05, 0) is 56.1 Å². The molecule has 1 saturated carbocycles. The second-order valence-corrected chi connectivity index (χ2v) is 7.62. The van der Waals surface area contributed by atoms with Crippen molar-refractivity contribution in [1.29, 1.82) is 0 Å². The van der Waals surface area contributed by atoms with Crippen LogP contribution in [0.1, 0.15) is 29.0 Å². The monoisotopic (exact) mass is 390 g/mol. The first-order valence-corrected chi connectivity index (χ1v) is 9.41. The molecule has 6 heteroatoms. The Kier molecular flexibility index (Phi) is 6.08. The van der Waals surface area contributed by atoms with E-state index in [2.05, 4.69) is 22.3 Å². The molecule has 150 valence electrons. The van der Waals surface area contributed by atoms with Gasteiger partial charge in [-0.2, -0.15) is 13.2 Å². The van der Waals surface area contributed by atoms with E-state index in [4.69, 9.17) is 0 Å². The van der Waals surface area contributed by atoms with Gasteiger partial charge in [-0.1, -0.05) is 42.5 Å². The summed E-state index contributed by atoms with van der Waals surface area (Å²) < 4.78 is 38.0. The number of alkyl halides is 3. The highest BCUT2D eigenvalue weighted by atomic mass is 19.4. The van der Waals surface area contributed by atoms with E-state index >= 15 is 0 Å². The van der Waals surface area contributed by atoms with Crippen molar-refractivity contribution in [2.24, 2.45) is 5.92 Å². The number of likely N-dealkylation sites (N-methyl/N-ethyl adjacent to an activating group) is 1. The molecule has 28 heavy (non-hydrogen) atoms. The molecule has 3 nitrogen and oxygen atoms in total. The number of hydrogen-bond donors (Lipinski definition) is 1. The predicted molar refractivity (Wildman–Crippen MR) is 103 cm³/mol. The van der Waals surface area contributed by atoms with E-state index in [0.717, 1.165) is 24.1 Å². The van der Waals surface area contributed by atoms with Crippen LogP contribution in [0, 0.1) is 5.92 Å². The largest absolute Gasteiger partial charge is 0.416 e. The van der Waals surface area contributed by atoms with Crippen molar-refractivity contribution >= 4 is 5.91 Å². The second kappa shape index (κ2) is 8.35. The smallest absolute Gasteiger partial charge is 0.354 e. The van der Waals surface area contributed by atoms with Crippen LogP contribution in [0.4, 0.5) is 13.2 Å². The van der Waals surface area contributed by atoms with Crippen molar-refractivity contribution in [2.75, 3.05) is 20.6 Å². The van der Waals surface area contributed by atoms with Crippen LogP contribution in [0.2, 0.25) is 0 Å². The molecule has 3 rings (SSSR count). The molecular weight excluding hydrogens is 365 g/mol. The Balaban J connectivity index is 1.52. The van der Waals surface area contributed by atoms with E-state index in [9.17, 15) is 18.0 Å². The summed E-state index contributed by atoms with van der Waals surface area (Å²) in [5.41, 5.74) is 1.35. The zero-order valence-electron chi connectivity index (χ0n) is 16.0. The Morgan fingerprint density at radius 3 is 2.32 bits per heavy atom. The molecule has 0 heterocycles. The lowest BCUT2D eigenvalue weighted by Crippen LogP contribution is -2.42. The highest BCUT2D eigenvalue weighted by molar-refractivity contribution is 5.82. The van der Waals surface area contributed by atoms with E-state index in [1.165, 1.54) is 17.7 Å². The normalized spacial score (nSPS) is 20.1. The summed E-state index contributed by atoms with van der Waals surface area (Å²) in [6.07, 6.45) is -2.82. The summed E-state index contributed by atoms with van der Waals surface area (Å²) >= 11 is 0. The Labute approximate surface area is 163 Å². The minimum atomic E-state index is -4.33. The number of nitrogens with one attached hydrogen (secondary N) is 1. The maximum absolute atomic E-state index is 12.7. The zero-order chi connectivity index (χ0) is 20.3. The third kappa shape index (κ3) is 5.13. The molecule has 2 aromatic carbocycles. The van der Waals surface area contributed by atoms with Crippen LogP contribution in [0.3, 0.4) is 0 Å². The molecule has 0 spiro atoms. The highest BCUT2D eigenvalue weighted by Gasteiger charge is 2.44. The van der Waals surface area contributed by atoms with Gasteiger partial charge in [-0.25, -0.2) is 0 Å². The van der Waals surface area contributed by atoms with E-state index in [0.29, 0.717) is 13.0 Å². The van der Waals surface area contributed by atoms with Crippen LogP contribution in [-0.2, 0) is 17.4 Å². The molecule has 1 amide bonds. The summed E-state index contributed by atoms with van der Waals surface area (Å²) in [6.45, 7) is 0.539. The van der Waals surface area contributed by atoms with E-state index < -0.39 is 11.7 Å². The number of amides is 1. The fraction of sp³-hybridized carbons (Fsp3) is 0.409. The Bertz CT molecular complexity index is 788. The van der Waals surface area contributed by atoms with Crippen LogP contribution in [0.25, 0.3) is 0 Å². The molecule has 1 aliphatic carbocycles. The van der Waals surface area contributed by atoms with Gasteiger partial charge in [0.1, 0.15) is 0 Å². The van der Waals surface area contributed by atoms with E-state index in [-0.39, 0.29) is 23.8 Å². The van der Waals surface area contributed by atoms with Gasteiger partial charge in [0.2, 0.25) is 5.91 Å². The van der Waals surface area contributed by atoms with Crippen molar-refractivity contribution < 1.29 is 18.0 Å². The van der Waals surface area contributed by atoms with Gasteiger partial charge in [-0.15, -0.1) is 0 Å². The number of carbonyl (C=O) groups excluding carboxylic acids is 1. The Morgan fingerprint density at radius 2 is 1.75 bits per heavy atom. The summed E-state index contributed by atoms with van der Waals surface area (Å²) in [6, 6.07) is 15.4. The molecule has 1 aliphatic rings. The molecule has 0 saturated heterocycles. The molecule has 0 aromatic heterocycles. The third-order valence-electron chi connectivity index (χ3n) is 5.35. The Morgan fingerprint density at radius 1 is 1.11 bits per heavy atom. The lowest BCUT2D eigenvalue weighted by Gasteiger charge is -2.25. The van der Waals surface area contributed by atoms with E-state index in [1.807, 2.05) is 32.3 Å². The van der Waals surface area contributed by atoms with Crippen molar-refractivity contribution in [1.82, 2.24) is 10.2 Å². The standard InChI is InChI=1S/C22H25F3N2O/c1-27(2)18(12-15-6-4-3-5-7-15)14-26-21(28)20-13-19(20)16-8-10-17(11-9-16)22(23,24)25/h3-11,18-20H,12-14H2,1-2H3,(H,26,28). The number of halogens is 3. The molecule has 1 fully saturated rings. The minimum Gasteiger partial charge on any atom is -0.354 e. The first-order chi connectivity index (χ1) is 13.3. The van der Waals surface area contributed by atoms with Crippen molar-refractivity contribution in [3.63, 3.8) is 0 Å². The maximum Gasteiger partial charge on any atom is 0.416 e. The van der Waals surface area contributed by atoms with Crippen LogP contribution < -0.4 is 5.32 Å². The summed E-state index contributed by atoms with van der Waals surface area (Å²) in [4.78, 5) is 14.6. The van der Waals surface area contributed by atoms with Crippen molar-refractivity contribution in [3.8, 4) is 0 Å². The average molecular weight is 390 g/mol. The van der Waals surface area contributed by atoms with Crippen LogP contribution in [0.5, 0.6) is 0 Å². The molecule has 0 radical (unpaired) electrons.